The van der Waals surface area contributed by atoms with Gasteiger partial charge in [-0.3, -0.25) is 10.1 Å². The smallest absolute Gasteiger partial charge is 0.305 e. The van der Waals surface area contributed by atoms with Crippen LogP contribution >= 0.6 is 11.3 Å². The summed E-state index contributed by atoms with van der Waals surface area (Å²) in [4.78, 5) is 14.1. The summed E-state index contributed by atoms with van der Waals surface area (Å²) < 4.78 is 6.29. The van der Waals surface area contributed by atoms with Gasteiger partial charge in [-0.25, -0.2) is 0 Å². The van der Waals surface area contributed by atoms with Gasteiger partial charge in [0.05, 0.1) is 10.8 Å². The number of rotatable bonds is 14. The fourth-order valence-corrected chi connectivity index (χ4v) is 5.32. The van der Waals surface area contributed by atoms with Gasteiger partial charge in [0.25, 0.3) is 0 Å². The Morgan fingerprint density at radius 1 is 1.00 bits per heavy atom. The Balaban J connectivity index is 1.26. The summed E-state index contributed by atoms with van der Waals surface area (Å²) in [6.07, 6.45) is 1.64. The van der Waals surface area contributed by atoms with E-state index < -0.39 is 6.23 Å². The van der Waals surface area contributed by atoms with E-state index in [-0.39, 0.29) is 16.7 Å². The summed E-state index contributed by atoms with van der Waals surface area (Å²) in [5, 5.41) is 27.1. The zero-order chi connectivity index (χ0) is 26.9. The maximum Gasteiger partial charge on any atom is 0.305 e. The van der Waals surface area contributed by atoms with Gasteiger partial charge in [-0.05, 0) is 67.1 Å². The number of aromatic nitrogens is 1. The highest BCUT2D eigenvalue weighted by Crippen LogP contribution is 2.28. The van der Waals surface area contributed by atoms with Gasteiger partial charge in [-0.2, -0.15) is 0 Å². The van der Waals surface area contributed by atoms with Crippen LogP contribution in [0.25, 0.3) is 21.3 Å². The molecule has 1 aromatic heterocycles. The van der Waals surface area contributed by atoms with Crippen LogP contribution < -0.4 is 15.5 Å². The number of phenols is 1. The predicted octanol–water partition coefficient (Wildman–Crippen LogP) is 4.56. The van der Waals surface area contributed by atoms with Gasteiger partial charge >= 0.3 is 4.87 Å². The zero-order valence-electron chi connectivity index (χ0n) is 22.0. The molecule has 7 nitrogen and oxygen atoms in total. The quantitative estimate of drug-likeness (QED) is 0.120. The van der Waals surface area contributed by atoms with Crippen LogP contribution in [0, 0.1) is 0 Å². The third-order valence-electron chi connectivity index (χ3n) is 6.39. The molecule has 0 radical (unpaired) electrons. The van der Waals surface area contributed by atoms with E-state index >= 15 is 0 Å². The number of phenolic OH excluding ortho intramolecular Hbond substituents is 1. The number of aromatic hydroxyl groups is 1. The largest absolute Gasteiger partial charge is 0.506 e. The van der Waals surface area contributed by atoms with E-state index in [4.69, 9.17) is 4.74 Å². The van der Waals surface area contributed by atoms with E-state index in [0.717, 1.165) is 49.4 Å². The van der Waals surface area contributed by atoms with Gasteiger partial charge < -0.3 is 25.3 Å². The van der Waals surface area contributed by atoms with Gasteiger partial charge in [0.1, 0.15) is 17.5 Å². The van der Waals surface area contributed by atoms with Crippen molar-refractivity contribution in [2.24, 2.45) is 0 Å². The Labute approximate surface area is 227 Å². The molecule has 1 atom stereocenters. The highest BCUT2D eigenvalue weighted by atomic mass is 32.1. The lowest BCUT2D eigenvalue weighted by molar-refractivity contribution is 0.0770. The molecule has 0 bridgehead atoms. The Hall–Kier alpha value is -3.01. The number of fused-ring (bicyclic) bond motifs is 1. The van der Waals surface area contributed by atoms with Crippen LogP contribution in [0.1, 0.15) is 37.0 Å². The second-order valence-corrected chi connectivity index (χ2v) is 10.7. The molecule has 1 heterocycles. The molecule has 202 valence electrons. The molecular weight excluding hydrogens is 498 g/mol. The predicted molar refractivity (Wildman–Crippen MR) is 155 cm³/mol. The first-order valence-electron chi connectivity index (χ1n) is 13.2. The van der Waals surface area contributed by atoms with Crippen LogP contribution in [-0.4, -0.2) is 47.2 Å². The molecule has 0 spiro atoms. The minimum Gasteiger partial charge on any atom is -0.506 e. The van der Waals surface area contributed by atoms with Crippen molar-refractivity contribution in [3.8, 4) is 16.9 Å². The number of aliphatic hydroxyl groups excluding tert-OH is 1. The molecule has 0 aliphatic carbocycles. The van der Waals surface area contributed by atoms with Crippen molar-refractivity contribution in [1.82, 2.24) is 15.6 Å². The number of ether oxygens (including phenoxy) is 1. The summed E-state index contributed by atoms with van der Waals surface area (Å²) in [5.41, 5.74) is 6.12. The van der Waals surface area contributed by atoms with Crippen molar-refractivity contribution in [1.29, 1.82) is 0 Å². The van der Waals surface area contributed by atoms with E-state index in [2.05, 4.69) is 78.0 Å². The molecule has 5 N–H and O–H groups in total. The van der Waals surface area contributed by atoms with Crippen LogP contribution in [0.4, 0.5) is 0 Å². The molecule has 4 aromatic rings. The normalized spacial score (nSPS) is 12.4. The number of hydrogen-bond donors (Lipinski definition) is 5. The second-order valence-electron chi connectivity index (χ2n) is 9.69. The number of H-pyrrole nitrogens is 1. The van der Waals surface area contributed by atoms with Crippen molar-refractivity contribution in [3.63, 3.8) is 0 Å². The van der Waals surface area contributed by atoms with E-state index in [9.17, 15) is 15.0 Å². The fourth-order valence-electron chi connectivity index (χ4n) is 4.44. The zero-order valence-corrected chi connectivity index (χ0v) is 22.8. The number of aromatic amines is 1. The second kappa shape index (κ2) is 13.7. The first-order valence-corrected chi connectivity index (χ1v) is 14.0. The molecule has 3 aromatic carbocycles. The van der Waals surface area contributed by atoms with Crippen molar-refractivity contribution < 1.29 is 14.9 Å². The Bertz CT molecular complexity index is 1360. The average Bonchev–Trinajstić information content (AvgIpc) is 3.31. The van der Waals surface area contributed by atoms with E-state index in [1.807, 2.05) is 0 Å². The summed E-state index contributed by atoms with van der Waals surface area (Å²) in [6.45, 7) is 7.24. The van der Waals surface area contributed by atoms with Gasteiger partial charge in [-0.1, -0.05) is 65.9 Å². The number of aliphatic hydroxyl groups is 1. The molecular formula is C30H37N3O4S. The van der Waals surface area contributed by atoms with Crippen LogP contribution in [0.3, 0.4) is 0 Å². The monoisotopic (exact) mass is 535 g/mol. The molecule has 0 aliphatic heterocycles. The average molecular weight is 536 g/mol. The van der Waals surface area contributed by atoms with Crippen LogP contribution in [-0.2, 0) is 24.1 Å². The van der Waals surface area contributed by atoms with Crippen molar-refractivity contribution in [2.75, 3.05) is 19.7 Å². The molecule has 0 fully saturated rings. The Morgan fingerprint density at radius 2 is 1.79 bits per heavy atom. The number of hydrogen-bond acceptors (Lipinski definition) is 7. The van der Waals surface area contributed by atoms with Crippen molar-refractivity contribution in [3.05, 3.63) is 87.0 Å². The molecule has 0 saturated carbocycles. The van der Waals surface area contributed by atoms with Gasteiger partial charge in [0.2, 0.25) is 0 Å². The minimum absolute atomic E-state index is 0.0408. The first kappa shape index (κ1) is 28.0. The molecule has 4 rings (SSSR count). The molecule has 8 heteroatoms. The molecule has 0 amide bonds. The lowest BCUT2D eigenvalue weighted by Crippen LogP contribution is -2.32. The molecule has 1 unspecified atom stereocenters. The Kier molecular flexibility index (Phi) is 10.1. The maximum absolute atomic E-state index is 11.7. The summed E-state index contributed by atoms with van der Waals surface area (Å²) in [6, 6.07) is 20.4. The summed E-state index contributed by atoms with van der Waals surface area (Å²) in [7, 11) is 0. The van der Waals surface area contributed by atoms with Gasteiger partial charge in [-0.15, -0.1) is 0 Å². The third kappa shape index (κ3) is 7.75. The van der Waals surface area contributed by atoms with Crippen LogP contribution in [0.5, 0.6) is 5.75 Å². The standard InChI is InChI=1S/C30H37N3O4S/c1-20(2)37-17-5-15-31-19-24-6-3-4-7-25(24)22-10-8-21(9-11-22)14-16-32-27(35)18-23-12-13-26(34)28-29(23)38-30(36)33-28/h3-4,6-13,20,27,31-32,34-35H,5,14-19H2,1-2H3,(H,33,36). The lowest BCUT2D eigenvalue weighted by atomic mass is 9.98. The van der Waals surface area contributed by atoms with Crippen LogP contribution in [0.15, 0.2) is 65.5 Å². The lowest BCUT2D eigenvalue weighted by Gasteiger charge is -2.14. The summed E-state index contributed by atoms with van der Waals surface area (Å²) >= 11 is 1.05. The van der Waals surface area contributed by atoms with E-state index in [0.29, 0.717) is 23.2 Å². The Morgan fingerprint density at radius 3 is 2.58 bits per heavy atom. The highest BCUT2D eigenvalue weighted by Gasteiger charge is 2.13. The first-order chi connectivity index (χ1) is 18.4. The van der Waals surface area contributed by atoms with Crippen LogP contribution in [0.2, 0.25) is 0 Å². The topological polar surface area (TPSA) is 107 Å². The molecule has 0 saturated heterocycles. The SMILES string of the molecule is CC(C)OCCCNCc1ccccc1-c1ccc(CCNC(O)Cc2ccc(O)c3[nH]c(=O)sc23)cc1. The number of benzene rings is 3. The van der Waals surface area contributed by atoms with Gasteiger partial charge in [0, 0.05) is 26.1 Å². The summed E-state index contributed by atoms with van der Waals surface area (Å²) in [5.74, 6) is 0.0408. The highest BCUT2D eigenvalue weighted by molar-refractivity contribution is 7.16. The number of nitrogens with one attached hydrogen (secondary N) is 3. The van der Waals surface area contributed by atoms with Gasteiger partial charge in [0.15, 0.2) is 0 Å². The van der Waals surface area contributed by atoms with E-state index in [1.165, 1.54) is 22.3 Å². The van der Waals surface area contributed by atoms with Crippen molar-refractivity contribution in [2.45, 2.75) is 52.0 Å². The fraction of sp³-hybridized carbons (Fsp3) is 0.367. The van der Waals surface area contributed by atoms with E-state index in [1.54, 1.807) is 12.1 Å². The molecule has 0 aliphatic rings. The van der Waals surface area contributed by atoms with Crippen molar-refractivity contribution >= 4 is 21.6 Å². The maximum atomic E-state index is 11.7. The molecule has 38 heavy (non-hydrogen) atoms. The minimum atomic E-state index is -0.754. The number of thiazole rings is 1. The third-order valence-corrected chi connectivity index (χ3v) is 7.35.